The quantitative estimate of drug-likeness (QED) is 0.623. The highest BCUT2D eigenvalue weighted by Crippen LogP contribution is 2.17. The predicted molar refractivity (Wildman–Crippen MR) is 95.8 cm³/mol. The van der Waals surface area contributed by atoms with Gasteiger partial charge in [0.05, 0.1) is 4.90 Å². The minimum Gasteiger partial charge on any atom is -0.508 e. The Morgan fingerprint density at radius 3 is 2.40 bits per heavy atom. The SMILES string of the molecule is Cc1ccc(S(=O)(=O)NCCNC(=O)CCc2ccccc2O)cc1. The van der Waals surface area contributed by atoms with Gasteiger partial charge in [-0.3, -0.25) is 4.79 Å². The number of sulfonamides is 1. The topological polar surface area (TPSA) is 95.5 Å². The molecule has 0 aliphatic carbocycles. The summed E-state index contributed by atoms with van der Waals surface area (Å²) in [5, 5.41) is 12.3. The maximum atomic E-state index is 12.1. The maximum absolute atomic E-state index is 12.1. The number of carbonyl (C=O) groups is 1. The molecule has 2 aromatic carbocycles. The zero-order chi connectivity index (χ0) is 18.3. The molecule has 0 heterocycles. The molecule has 6 nitrogen and oxygen atoms in total. The minimum atomic E-state index is -3.57. The van der Waals surface area contributed by atoms with Gasteiger partial charge in [0.2, 0.25) is 15.9 Å². The lowest BCUT2D eigenvalue weighted by Gasteiger charge is -2.09. The molecule has 0 spiro atoms. The van der Waals surface area contributed by atoms with E-state index in [0.717, 1.165) is 5.56 Å². The number of hydrogen-bond donors (Lipinski definition) is 3. The van der Waals surface area contributed by atoms with E-state index < -0.39 is 10.0 Å². The fraction of sp³-hybridized carbons (Fsp3) is 0.278. The van der Waals surface area contributed by atoms with Crippen LogP contribution in [0.4, 0.5) is 0 Å². The summed E-state index contributed by atoms with van der Waals surface area (Å²) in [5.74, 6) is -0.0288. The lowest BCUT2D eigenvalue weighted by Crippen LogP contribution is -2.34. The smallest absolute Gasteiger partial charge is 0.240 e. The summed E-state index contributed by atoms with van der Waals surface area (Å²) in [6.07, 6.45) is 0.649. The van der Waals surface area contributed by atoms with E-state index in [9.17, 15) is 18.3 Å². The molecule has 0 aromatic heterocycles. The van der Waals surface area contributed by atoms with E-state index in [0.29, 0.717) is 12.0 Å². The van der Waals surface area contributed by atoms with Crippen LogP contribution in [0.1, 0.15) is 17.5 Å². The van der Waals surface area contributed by atoms with Gasteiger partial charge >= 0.3 is 0 Å². The number of hydrogen-bond acceptors (Lipinski definition) is 4. The molecule has 0 saturated heterocycles. The van der Waals surface area contributed by atoms with Gasteiger partial charge in [0.1, 0.15) is 5.75 Å². The van der Waals surface area contributed by atoms with Crippen LogP contribution in [0.5, 0.6) is 5.75 Å². The van der Waals surface area contributed by atoms with Crippen LogP contribution in [0, 0.1) is 6.92 Å². The maximum Gasteiger partial charge on any atom is 0.240 e. The third kappa shape index (κ3) is 5.88. The van der Waals surface area contributed by atoms with Gasteiger partial charge < -0.3 is 10.4 Å². The predicted octanol–water partition coefficient (Wildman–Crippen LogP) is 1.73. The Morgan fingerprint density at radius 2 is 1.72 bits per heavy atom. The fourth-order valence-electron chi connectivity index (χ4n) is 2.25. The molecular formula is C18H22N2O4S. The lowest BCUT2D eigenvalue weighted by atomic mass is 10.1. The van der Waals surface area contributed by atoms with E-state index in [1.54, 1.807) is 48.5 Å². The van der Waals surface area contributed by atoms with Gasteiger partial charge in [0.25, 0.3) is 0 Å². The van der Waals surface area contributed by atoms with Gasteiger partial charge in [-0.1, -0.05) is 35.9 Å². The molecule has 2 aromatic rings. The van der Waals surface area contributed by atoms with Crippen molar-refractivity contribution in [1.29, 1.82) is 0 Å². The molecule has 0 radical (unpaired) electrons. The third-order valence-electron chi connectivity index (χ3n) is 3.68. The van der Waals surface area contributed by atoms with Crippen molar-refractivity contribution in [1.82, 2.24) is 10.0 Å². The van der Waals surface area contributed by atoms with Crippen molar-refractivity contribution in [2.24, 2.45) is 0 Å². The van der Waals surface area contributed by atoms with Crippen molar-refractivity contribution in [3.63, 3.8) is 0 Å². The van der Waals surface area contributed by atoms with Gasteiger partial charge in [0.15, 0.2) is 0 Å². The summed E-state index contributed by atoms with van der Waals surface area (Å²) >= 11 is 0. The molecule has 0 aliphatic rings. The van der Waals surface area contributed by atoms with Crippen molar-refractivity contribution in [3.05, 3.63) is 59.7 Å². The van der Waals surface area contributed by atoms with Crippen LogP contribution in [0.3, 0.4) is 0 Å². The first kappa shape index (κ1) is 19.0. The number of carbonyl (C=O) groups excluding carboxylic acids is 1. The van der Waals surface area contributed by atoms with Crippen LogP contribution < -0.4 is 10.0 Å². The van der Waals surface area contributed by atoms with Crippen molar-refractivity contribution < 1.29 is 18.3 Å². The highest BCUT2D eigenvalue weighted by atomic mass is 32.2. The van der Waals surface area contributed by atoms with Crippen LogP contribution >= 0.6 is 0 Å². The van der Waals surface area contributed by atoms with E-state index in [2.05, 4.69) is 10.0 Å². The monoisotopic (exact) mass is 362 g/mol. The molecule has 0 saturated carbocycles. The molecule has 0 unspecified atom stereocenters. The first-order valence-electron chi connectivity index (χ1n) is 7.98. The lowest BCUT2D eigenvalue weighted by molar-refractivity contribution is -0.121. The largest absolute Gasteiger partial charge is 0.508 e. The molecule has 2 rings (SSSR count). The summed E-state index contributed by atoms with van der Waals surface area (Å²) in [4.78, 5) is 12.0. The van der Waals surface area contributed by atoms with Crippen LogP contribution in [0.15, 0.2) is 53.4 Å². The van der Waals surface area contributed by atoms with E-state index in [1.807, 2.05) is 6.92 Å². The zero-order valence-corrected chi connectivity index (χ0v) is 14.8. The van der Waals surface area contributed by atoms with E-state index in [-0.39, 0.29) is 36.1 Å². The summed E-state index contributed by atoms with van der Waals surface area (Å²) in [5.41, 5.74) is 1.69. The summed E-state index contributed by atoms with van der Waals surface area (Å²) in [7, 11) is -3.57. The van der Waals surface area contributed by atoms with E-state index >= 15 is 0 Å². The number of aromatic hydroxyl groups is 1. The highest BCUT2D eigenvalue weighted by Gasteiger charge is 2.13. The third-order valence-corrected chi connectivity index (χ3v) is 5.16. The van der Waals surface area contributed by atoms with E-state index in [4.69, 9.17) is 0 Å². The number of benzene rings is 2. The van der Waals surface area contributed by atoms with Gasteiger partial charge in [-0.25, -0.2) is 13.1 Å². The Hall–Kier alpha value is -2.38. The number of para-hydroxylation sites is 1. The molecule has 0 bridgehead atoms. The van der Waals surface area contributed by atoms with Crippen LogP contribution in [0.25, 0.3) is 0 Å². The highest BCUT2D eigenvalue weighted by molar-refractivity contribution is 7.89. The van der Waals surface area contributed by atoms with Crippen LogP contribution in [-0.4, -0.2) is 32.5 Å². The molecule has 3 N–H and O–H groups in total. The second-order valence-corrected chi connectivity index (χ2v) is 7.46. The number of rotatable bonds is 8. The number of phenolic OH excluding ortho intramolecular Hbond substituents is 1. The van der Waals surface area contributed by atoms with Crippen molar-refractivity contribution in [2.45, 2.75) is 24.7 Å². The standard InChI is InChI=1S/C18H22N2O4S/c1-14-6-9-16(10-7-14)25(23,24)20-13-12-19-18(22)11-8-15-4-2-3-5-17(15)21/h2-7,9-10,20-21H,8,11-13H2,1H3,(H,19,22). The molecule has 1 amide bonds. The Labute approximate surface area is 147 Å². The Kier molecular flexibility index (Phi) is 6.55. The average molecular weight is 362 g/mol. The first-order chi connectivity index (χ1) is 11.9. The number of nitrogens with one attached hydrogen (secondary N) is 2. The number of aryl methyl sites for hydroxylation is 2. The fourth-order valence-corrected chi connectivity index (χ4v) is 3.28. The Morgan fingerprint density at radius 1 is 1.04 bits per heavy atom. The van der Waals surface area contributed by atoms with Crippen LogP contribution in [-0.2, 0) is 21.2 Å². The van der Waals surface area contributed by atoms with Crippen LogP contribution in [0.2, 0.25) is 0 Å². The molecule has 134 valence electrons. The van der Waals surface area contributed by atoms with Crippen molar-refractivity contribution in [2.75, 3.05) is 13.1 Å². The molecule has 7 heteroatoms. The molecule has 25 heavy (non-hydrogen) atoms. The second-order valence-electron chi connectivity index (χ2n) is 5.69. The normalized spacial score (nSPS) is 11.2. The summed E-state index contributed by atoms with van der Waals surface area (Å²) in [6.45, 7) is 2.19. The molecule has 0 fully saturated rings. The van der Waals surface area contributed by atoms with Crippen molar-refractivity contribution >= 4 is 15.9 Å². The number of phenols is 1. The Balaban J connectivity index is 1.72. The zero-order valence-electron chi connectivity index (χ0n) is 14.0. The second kappa shape index (κ2) is 8.64. The first-order valence-corrected chi connectivity index (χ1v) is 9.47. The van der Waals surface area contributed by atoms with Gasteiger partial charge in [-0.15, -0.1) is 0 Å². The van der Waals surface area contributed by atoms with Gasteiger partial charge in [0, 0.05) is 19.5 Å². The summed E-state index contributed by atoms with van der Waals surface area (Å²) in [6, 6.07) is 13.4. The van der Waals surface area contributed by atoms with Crippen molar-refractivity contribution in [3.8, 4) is 5.75 Å². The molecular weight excluding hydrogens is 340 g/mol. The van der Waals surface area contributed by atoms with E-state index in [1.165, 1.54) is 0 Å². The van der Waals surface area contributed by atoms with Gasteiger partial charge in [-0.05, 0) is 37.1 Å². The summed E-state index contributed by atoms with van der Waals surface area (Å²) < 4.78 is 26.6. The average Bonchev–Trinajstić information content (AvgIpc) is 2.58. The van der Waals surface area contributed by atoms with Gasteiger partial charge in [-0.2, -0.15) is 0 Å². The minimum absolute atomic E-state index is 0.110. The molecule has 0 aliphatic heterocycles. The number of amides is 1. The molecule has 0 atom stereocenters. The Bertz CT molecular complexity index is 817.